The van der Waals surface area contributed by atoms with E-state index in [-0.39, 0.29) is 11.0 Å². The summed E-state index contributed by atoms with van der Waals surface area (Å²) < 4.78 is 0. The van der Waals surface area contributed by atoms with E-state index >= 15 is 0 Å². The van der Waals surface area contributed by atoms with E-state index in [1.165, 1.54) is 11.6 Å². The molecule has 4 rings (SSSR count). The van der Waals surface area contributed by atoms with Gasteiger partial charge >= 0.3 is 11.4 Å². The third-order valence-corrected chi connectivity index (χ3v) is 6.82. The van der Waals surface area contributed by atoms with Gasteiger partial charge in [-0.3, -0.25) is 25.0 Å². The highest BCUT2D eigenvalue weighted by molar-refractivity contribution is 6.06. The average Bonchev–Trinajstić information content (AvgIpc) is 3.18. The van der Waals surface area contributed by atoms with E-state index in [0.29, 0.717) is 18.7 Å². The number of nitro benzene ring substituents is 2. The number of amides is 1. The second-order valence-corrected chi connectivity index (χ2v) is 9.08. The molecule has 1 amide bonds. The topological polar surface area (TPSA) is 119 Å². The number of nitrogens with one attached hydrogen (secondary N) is 1. The number of carbonyl (C=O) groups is 1. The Morgan fingerprint density at radius 2 is 1.59 bits per heavy atom. The number of nitro groups is 2. The Labute approximate surface area is 214 Å². The maximum absolute atomic E-state index is 13.6. The first kappa shape index (κ1) is 25.6. The van der Waals surface area contributed by atoms with Crippen molar-refractivity contribution in [1.29, 1.82) is 0 Å². The predicted octanol–water partition coefficient (Wildman–Crippen LogP) is 5.77. The van der Waals surface area contributed by atoms with E-state index in [1.54, 1.807) is 4.90 Å². The van der Waals surface area contributed by atoms with Crippen LogP contribution in [0, 0.1) is 20.2 Å². The lowest BCUT2D eigenvalue weighted by molar-refractivity contribution is -0.422. The van der Waals surface area contributed by atoms with E-state index in [4.69, 9.17) is 0 Å². The van der Waals surface area contributed by atoms with Crippen LogP contribution >= 0.6 is 0 Å². The van der Waals surface area contributed by atoms with Crippen molar-refractivity contribution in [2.24, 2.45) is 0 Å². The highest BCUT2D eigenvalue weighted by Crippen LogP contribution is 2.36. The molecule has 9 nitrogen and oxygen atoms in total. The number of rotatable bonds is 9. The number of benzene rings is 3. The van der Waals surface area contributed by atoms with Gasteiger partial charge in [-0.2, -0.15) is 0 Å². The Kier molecular flexibility index (Phi) is 7.92. The third-order valence-electron chi connectivity index (χ3n) is 6.82. The van der Waals surface area contributed by atoms with Crippen LogP contribution in [0.1, 0.15) is 41.6 Å². The molecule has 0 saturated carbocycles. The van der Waals surface area contributed by atoms with E-state index in [0.717, 1.165) is 37.9 Å². The number of hydrogen-bond acceptors (Lipinski definition) is 6. The maximum Gasteiger partial charge on any atom is 0.346 e. The van der Waals surface area contributed by atoms with E-state index < -0.39 is 27.1 Å². The second kappa shape index (κ2) is 11.5. The van der Waals surface area contributed by atoms with Gasteiger partial charge in [0, 0.05) is 41.9 Å². The fourth-order valence-corrected chi connectivity index (χ4v) is 4.91. The van der Waals surface area contributed by atoms with Crippen LogP contribution in [0.25, 0.3) is 0 Å². The first-order valence-electron chi connectivity index (χ1n) is 12.1. The van der Waals surface area contributed by atoms with Crippen molar-refractivity contribution in [2.75, 3.05) is 18.0 Å². The largest absolute Gasteiger partial charge is 0.390 e. The molecule has 3 aromatic rings. The van der Waals surface area contributed by atoms with Gasteiger partial charge in [0.2, 0.25) is 0 Å². The molecule has 1 unspecified atom stereocenters. The number of anilines is 1. The number of hydrogen-bond donors (Lipinski definition) is 1. The van der Waals surface area contributed by atoms with Gasteiger partial charge in [0.1, 0.15) is 0 Å². The molecule has 0 aliphatic carbocycles. The summed E-state index contributed by atoms with van der Waals surface area (Å²) in [6, 6.07) is 22.7. The molecule has 0 bridgehead atoms. The standard InChI is InChI=1S/C28H28N4O5/c33-27(22-14-15-25(31(34)35)26(20-22)32(36)37)30(24-12-5-2-6-13-24)19-9-17-28(16-7-8-18-29-21-28)23-10-3-1-4-11-23/h1-6,8,10-15,18,20,29H,7,9,16-17,19,21H2. The van der Waals surface area contributed by atoms with Crippen LogP contribution in [0.4, 0.5) is 17.1 Å². The zero-order valence-electron chi connectivity index (χ0n) is 20.3. The normalized spacial score (nSPS) is 16.9. The van der Waals surface area contributed by atoms with Gasteiger partial charge in [-0.05, 0) is 55.6 Å². The summed E-state index contributed by atoms with van der Waals surface area (Å²) in [5, 5.41) is 26.1. The minimum atomic E-state index is -0.835. The number of para-hydroxylation sites is 1. The summed E-state index contributed by atoms with van der Waals surface area (Å²) in [6.07, 6.45) is 7.54. The van der Waals surface area contributed by atoms with Gasteiger partial charge in [0.05, 0.1) is 9.85 Å². The van der Waals surface area contributed by atoms with Crippen LogP contribution in [-0.2, 0) is 5.41 Å². The molecule has 1 atom stereocenters. The third kappa shape index (κ3) is 5.83. The molecular weight excluding hydrogens is 472 g/mol. The van der Waals surface area contributed by atoms with Crippen LogP contribution in [0.3, 0.4) is 0 Å². The minimum Gasteiger partial charge on any atom is -0.390 e. The lowest BCUT2D eigenvalue weighted by atomic mass is 9.73. The molecule has 1 aliphatic rings. The molecule has 0 fully saturated rings. The Balaban J connectivity index is 1.60. The molecule has 0 radical (unpaired) electrons. The van der Waals surface area contributed by atoms with Gasteiger partial charge in [0.25, 0.3) is 5.91 Å². The first-order chi connectivity index (χ1) is 17.9. The Morgan fingerprint density at radius 3 is 2.27 bits per heavy atom. The fourth-order valence-electron chi connectivity index (χ4n) is 4.91. The van der Waals surface area contributed by atoms with Crippen molar-refractivity contribution in [2.45, 2.75) is 31.1 Å². The van der Waals surface area contributed by atoms with E-state index in [2.05, 4.69) is 23.5 Å². The van der Waals surface area contributed by atoms with Crippen LogP contribution in [0.15, 0.2) is 91.1 Å². The first-order valence-corrected chi connectivity index (χ1v) is 12.1. The second-order valence-electron chi connectivity index (χ2n) is 9.08. The molecule has 0 saturated heterocycles. The number of allylic oxidation sites excluding steroid dienone is 1. The van der Waals surface area contributed by atoms with E-state index in [9.17, 15) is 25.0 Å². The lowest BCUT2D eigenvalue weighted by Crippen LogP contribution is -2.38. The number of nitrogens with zero attached hydrogens (tertiary/aromatic N) is 3. The monoisotopic (exact) mass is 500 g/mol. The van der Waals surface area contributed by atoms with E-state index in [1.807, 2.05) is 54.7 Å². The fraction of sp³-hybridized carbons (Fsp3) is 0.250. The SMILES string of the molecule is O=C(c1ccc([N+](=O)[O-])c([N+](=O)[O-])c1)N(CCCC1(c2ccccc2)CCC=CNC1)c1ccccc1. The summed E-state index contributed by atoms with van der Waals surface area (Å²) in [4.78, 5) is 36.2. The van der Waals surface area contributed by atoms with Crippen molar-refractivity contribution in [3.05, 3.63) is 122 Å². The molecule has 1 aliphatic heterocycles. The van der Waals surface area contributed by atoms with Crippen molar-refractivity contribution in [3.8, 4) is 0 Å². The zero-order chi connectivity index (χ0) is 26.3. The molecule has 0 spiro atoms. The molecular formula is C28H28N4O5. The van der Waals surface area contributed by atoms with Crippen LogP contribution < -0.4 is 10.2 Å². The van der Waals surface area contributed by atoms with Crippen molar-refractivity contribution < 1.29 is 14.6 Å². The Hall–Kier alpha value is -4.53. The molecule has 1 N–H and O–H groups in total. The summed E-state index contributed by atoms with van der Waals surface area (Å²) in [5.74, 6) is -0.446. The molecule has 9 heteroatoms. The van der Waals surface area contributed by atoms with Crippen molar-refractivity contribution in [1.82, 2.24) is 5.32 Å². The van der Waals surface area contributed by atoms with Gasteiger partial charge in [-0.1, -0.05) is 54.6 Å². The minimum absolute atomic E-state index is 0.0271. The summed E-state index contributed by atoms with van der Waals surface area (Å²) >= 11 is 0. The summed E-state index contributed by atoms with van der Waals surface area (Å²) in [7, 11) is 0. The molecule has 0 aromatic heterocycles. The number of carbonyl (C=O) groups excluding carboxylic acids is 1. The highest BCUT2D eigenvalue weighted by Gasteiger charge is 2.33. The molecule has 190 valence electrons. The molecule has 1 heterocycles. The van der Waals surface area contributed by atoms with Crippen LogP contribution in [0.5, 0.6) is 0 Å². The Morgan fingerprint density at radius 1 is 0.919 bits per heavy atom. The quantitative estimate of drug-likeness (QED) is 0.294. The average molecular weight is 501 g/mol. The lowest BCUT2D eigenvalue weighted by Gasteiger charge is -2.34. The van der Waals surface area contributed by atoms with Crippen molar-refractivity contribution in [3.63, 3.8) is 0 Å². The maximum atomic E-state index is 13.6. The van der Waals surface area contributed by atoms with Gasteiger partial charge in [-0.25, -0.2) is 0 Å². The van der Waals surface area contributed by atoms with Gasteiger partial charge in [0.15, 0.2) is 0 Å². The highest BCUT2D eigenvalue weighted by atomic mass is 16.6. The van der Waals surface area contributed by atoms with Crippen LogP contribution in [-0.4, -0.2) is 28.8 Å². The van der Waals surface area contributed by atoms with Gasteiger partial charge in [-0.15, -0.1) is 0 Å². The summed E-state index contributed by atoms with van der Waals surface area (Å²) in [6.45, 7) is 1.16. The smallest absolute Gasteiger partial charge is 0.346 e. The Bertz CT molecular complexity index is 1280. The zero-order valence-corrected chi connectivity index (χ0v) is 20.3. The molecule has 37 heavy (non-hydrogen) atoms. The predicted molar refractivity (Wildman–Crippen MR) is 142 cm³/mol. The molecule has 3 aromatic carbocycles. The van der Waals surface area contributed by atoms with Gasteiger partial charge < -0.3 is 10.2 Å². The summed E-state index contributed by atoms with van der Waals surface area (Å²) in [5.41, 5.74) is 0.468. The van der Waals surface area contributed by atoms with Crippen LogP contribution in [0.2, 0.25) is 0 Å². The van der Waals surface area contributed by atoms with Crippen molar-refractivity contribution >= 4 is 23.0 Å².